The van der Waals surface area contributed by atoms with Crippen LogP contribution < -0.4 is 0 Å². The van der Waals surface area contributed by atoms with Crippen LogP contribution in [0.1, 0.15) is 40.5 Å². The van der Waals surface area contributed by atoms with Crippen LogP contribution in [0.25, 0.3) is 5.65 Å². The zero-order valence-electron chi connectivity index (χ0n) is 12.1. The first kappa shape index (κ1) is 13.0. The van der Waals surface area contributed by atoms with Crippen LogP contribution >= 0.6 is 0 Å². The van der Waals surface area contributed by atoms with E-state index in [2.05, 4.69) is 32.2 Å². The van der Waals surface area contributed by atoms with Crippen molar-refractivity contribution in [3.05, 3.63) is 47.7 Å². The Morgan fingerprint density at radius 3 is 3.00 bits per heavy atom. The zero-order valence-corrected chi connectivity index (χ0v) is 12.1. The highest BCUT2D eigenvalue weighted by Gasteiger charge is 2.23. The molecule has 0 saturated heterocycles. The molecule has 3 heterocycles. The van der Waals surface area contributed by atoms with Gasteiger partial charge in [-0.15, -0.1) is 5.10 Å². The molecule has 0 amide bonds. The Hall–Kier alpha value is -2.70. The van der Waals surface area contributed by atoms with Crippen molar-refractivity contribution in [2.24, 2.45) is 0 Å². The van der Waals surface area contributed by atoms with Crippen molar-refractivity contribution in [3.63, 3.8) is 0 Å². The van der Waals surface area contributed by atoms with Gasteiger partial charge in [-0.1, -0.05) is 6.07 Å². The van der Waals surface area contributed by atoms with Crippen LogP contribution in [0.5, 0.6) is 0 Å². The molecule has 3 aromatic heterocycles. The predicted octanol–water partition coefficient (Wildman–Crippen LogP) is 1.64. The van der Waals surface area contributed by atoms with Gasteiger partial charge in [0.05, 0.1) is 19.0 Å². The van der Waals surface area contributed by atoms with Gasteiger partial charge in [0, 0.05) is 12.4 Å². The van der Waals surface area contributed by atoms with E-state index in [0.29, 0.717) is 12.5 Å². The van der Waals surface area contributed by atoms with Gasteiger partial charge in [-0.25, -0.2) is 9.78 Å². The van der Waals surface area contributed by atoms with Crippen LogP contribution in [0.3, 0.4) is 0 Å². The molecule has 0 bridgehead atoms. The molecule has 112 valence electrons. The Kier molecular flexibility index (Phi) is 2.92. The Balaban J connectivity index is 1.58. The minimum absolute atomic E-state index is 0.197. The summed E-state index contributed by atoms with van der Waals surface area (Å²) in [5.41, 5.74) is 3.31. The smallest absolute Gasteiger partial charge is 0.360 e. The molecule has 0 atom stereocenters. The summed E-state index contributed by atoms with van der Waals surface area (Å²) >= 11 is 0. The molecule has 3 aromatic rings. The second-order valence-corrected chi connectivity index (χ2v) is 5.49. The number of nitrogens with zero attached hydrogens (tertiary/aromatic N) is 5. The number of rotatable bonds is 4. The van der Waals surface area contributed by atoms with Crippen molar-refractivity contribution >= 4 is 11.6 Å². The van der Waals surface area contributed by atoms with Crippen molar-refractivity contribution in [2.75, 3.05) is 7.11 Å². The van der Waals surface area contributed by atoms with Gasteiger partial charge in [-0.05, 0) is 30.4 Å². The largest absolute Gasteiger partial charge is 0.464 e. The second kappa shape index (κ2) is 4.94. The zero-order chi connectivity index (χ0) is 15.1. The fourth-order valence-electron chi connectivity index (χ4n) is 2.51. The summed E-state index contributed by atoms with van der Waals surface area (Å²) in [6, 6.07) is 4.18. The van der Waals surface area contributed by atoms with Gasteiger partial charge in [-0.2, -0.15) is 9.90 Å². The summed E-state index contributed by atoms with van der Waals surface area (Å²) in [7, 11) is 1.32. The molecule has 7 heteroatoms. The number of pyridine rings is 1. The molecule has 0 spiro atoms. The Bertz CT molecular complexity index is 847. The van der Waals surface area contributed by atoms with Crippen LogP contribution in [-0.2, 0) is 11.3 Å². The van der Waals surface area contributed by atoms with Crippen LogP contribution in [0.2, 0.25) is 0 Å². The van der Waals surface area contributed by atoms with E-state index in [4.69, 9.17) is 0 Å². The number of esters is 1. The van der Waals surface area contributed by atoms with Crippen LogP contribution in [-0.4, -0.2) is 37.5 Å². The Morgan fingerprint density at radius 1 is 1.36 bits per heavy atom. The molecule has 0 aromatic carbocycles. The normalized spacial score (nSPS) is 14.4. The maximum Gasteiger partial charge on any atom is 0.360 e. The predicted molar refractivity (Wildman–Crippen MR) is 77.6 cm³/mol. The summed E-state index contributed by atoms with van der Waals surface area (Å²) in [6.07, 6.45) is 8.07. The highest BCUT2D eigenvalue weighted by molar-refractivity contribution is 5.86. The van der Waals surface area contributed by atoms with E-state index in [1.54, 1.807) is 0 Å². The number of ether oxygens (including phenoxy) is 1. The monoisotopic (exact) mass is 297 g/mol. The van der Waals surface area contributed by atoms with Gasteiger partial charge < -0.3 is 9.14 Å². The maximum absolute atomic E-state index is 11.4. The minimum Gasteiger partial charge on any atom is -0.464 e. The molecule has 4 rings (SSSR count). The van der Waals surface area contributed by atoms with Crippen LogP contribution in [0, 0.1) is 0 Å². The quantitative estimate of drug-likeness (QED) is 0.684. The Labute approximate surface area is 126 Å². The Morgan fingerprint density at radius 2 is 2.23 bits per heavy atom. The molecule has 1 aliphatic carbocycles. The van der Waals surface area contributed by atoms with Crippen LogP contribution in [0.15, 0.2) is 30.7 Å². The number of methoxy groups -OCH3 is 1. The number of aromatic nitrogens is 5. The van der Waals surface area contributed by atoms with E-state index in [-0.39, 0.29) is 5.69 Å². The van der Waals surface area contributed by atoms with Gasteiger partial charge in [0.15, 0.2) is 5.69 Å². The summed E-state index contributed by atoms with van der Waals surface area (Å²) in [5, 5.41) is 8.15. The van der Waals surface area contributed by atoms with Crippen molar-refractivity contribution in [1.82, 2.24) is 24.4 Å². The molecular weight excluding hydrogens is 282 g/mol. The van der Waals surface area contributed by atoms with E-state index in [0.717, 1.165) is 11.3 Å². The van der Waals surface area contributed by atoms with Gasteiger partial charge in [0.25, 0.3) is 0 Å². The molecule has 22 heavy (non-hydrogen) atoms. The lowest BCUT2D eigenvalue weighted by molar-refractivity contribution is 0.0593. The van der Waals surface area contributed by atoms with E-state index in [1.807, 2.05) is 16.7 Å². The fourth-order valence-corrected chi connectivity index (χ4v) is 2.51. The van der Waals surface area contributed by atoms with Gasteiger partial charge >= 0.3 is 5.97 Å². The third-order valence-corrected chi connectivity index (χ3v) is 3.81. The number of carbonyl (C=O) groups is 1. The first-order chi connectivity index (χ1) is 10.7. The van der Waals surface area contributed by atoms with Crippen LogP contribution in [0.4, 0.5) is 0 Å². The minimum atomic E-state index is -0.490. The van der Waals surface area contributed by atoms with Crippen molar-refractivity contribution in [1.29, 1.82) is 0 Å². The summed E-state index contributed by atoms with van der Waals surface area (Å²) in [4.78, 5) is 17.4. The number of imidazole rings is 1. The molecule has 7 nitrogen and oxygen atoms in total. The molecule has 0 N–H and O–H groups in total. The lowest BCUT2D eigenvalue weighted by Crippen LogP contribution is -2.07. The molecular formula is C15H15N5O2. The van der Waals surface area contributed by atoms with E-state index in [9.17, 15) is 4.79 Å². The standard InChI is InChI=1S/C15H15N5O2/c1-22-15(21)13-6-16-20(18-13)9-12-8-19-7-11(10-2-3-10)4-5-14(19)17-12/h4-8,10H,2-3,9H2,1H3. The second-order valence-electron chi connectivity index (χ2n) is 5.49. The number of hydrogen-bond acceptors (Lipinski definition) is 5. The molecule has 0 radical (unpaired) electrons. The lowest BCUT2D eigenvalue weighted by Gasteiger charge is -1.98. The number of carbonyl (C=O) groups excluding carboxylic acids is 1. The lowest BCUT2D eigenvalue weighted by atomic mass is 10.2. The summed E-state index contributed by atoms with van der Waals surface area (Å²) in [5.74, 6) is 0.223. The average molecular weight is 297 g/mol. The summed E-state index contributed by atoms with van der Waals surface area (Å²) < 4.78 is 6.65. The average Bonchev–Trinajstić information content (AvgIpc) is 3.15. The third kappa shape index (κ3) is 2.34. The fraction of sp³-hybridized carbons (Fsp3) is 0.333. The molecule has 1 saturated carbocycles. The van der Waals surface area contributed by atoms with Crippen molar-refractivity contribution in [2.45, 2.75) is 25.3 Å². The topological polar surface area (TPSA) is 74.3 Å². The van der Waals surface area contributed by atoms with E-state index < -0.39 is 5.97 Å². The number of hydrogen-bond donors (Lipinski definition) is 0. The van der Waals surface area contributed by atoms with Crippen molar-refractivity contribution < 1.29 is 9.53 Å². The van der Waals surface area contributed by atoms with Gasteiger partial charge in [-0.3, -0.25) is 0 Å². The SMILES string of the molecule is COC(=O)c1cnn(Cc2cn3cc(C4CC4)ccc3n2)n1. The highest BCUT2D eigenvalue weighted by atomic mass is 16.5. The van der Waals surface area contributed by atoms with Crippen molar-refractivity contribution in [3.8, 4) is 0 Å². The molecule has 0 unspecified atom stereocenters. The highest BCUT2D eigenvalue weighted by Crippen LogP contribution is 2.39. The molecule has 1 aliphatic rings. The molecule has 1 fully saturated rings. The number of fused-ring (bicyclic) bond motifs is 1. The molecule has 0 aliphatic heterocycles. The van der Waals surface area contributed by atoms with E-state index in [1.165, 1.54) is 36.5 Å². The van der Waals surface area contributed by atoms with Gasteiger partial charge in [0.1, 0.15) is 12.2 Å². The van der Waals surface area contributed by atoms with Gasteiger partial charge in [0.2, 0.25) is 0 Å². The first-order valence-corrected chi connectivity index (χ1v) is 7.19. The first-order valence-electron chi connectivity index (χ1n) is 7.19. The summed E-state index contributed by atoms with van der Waals surface area (Å²) in [6.45, 7) is 0.414. The maximum atomic E-state index is 11.4. The van der Waals surface area contributed by atoms with E-state index >= 15 is 0 Å². The third-order valence-electron chi connectivity index (χ3n) is 3.81.